The van der Waals surface area contributed by atoms with E-state index < -0.39 is 0 Å². The topological polar surface area (TPSA) is 44.1 Å². The molecule has 1 aromatic heterocycles. The first-order chi connectivity index (χ1) is 8.60. The maximum atomic E-state index is 12.2. The van der Waals surface area contributed by atoms with Gasteiger partial charge in [0.1, 0.15) is 5.75 Å². The van der Waals surface area contributed by atoms with Crippen LogP contribution in [0.25, 0.3) is 0 Å². The summed E-state index contributed by atoms with van der Waals surface area (Å²) >= 11 is 3.38. The van der Waals surface area contributed by atoms with E-state index in [1.54, 1.807) is 24.1 Å². The van der Waals surface area contributed by atoms with E-state index in [0.29, 0.717) is 17.7 Å². The van der Waals surface area contributed by atoms with Gasteiger partial charge in [-0.3, -0.25) is 9.48 Å². The van der Waals surface area contributed by atoms with Gasteiger partial charge in [-0.15, -0.1) is 0 Å². The Morgan fingerprint density at radius 2 is 2.28 bits per heavy atom. The summed E-state index contributed by atoms with van der Waals surface area (Å²) in [5, 5.41) is 4.05. The molecule has 1 heterocycles. The lowest BCUT2D eigenvalue weighted by Gasteiger charge is -2.05. The Morgan fingerprint density at radius 1 is 1.50 bits per heavy atom. The van der Waals surface area contributed by atoms with Gasteiger partial charge in [0.05, 0.1) is 13.3 Å². The van der Waals surface area contributed by atoms with E-state index in [0.717, 1.165) is 10.0 Å². The summed E-state index contributed by atoms with van der Waals surface area (Å²) in [5.74, 6) is 0.710. The van der Waals surface area contributed by atoms with Crippen LogP contribution in [0.15, 0.2) is 35.1 Å². The highest BCUT2D eigenvalue weighted by atomic mass is 79.9. The van der Waals surface area contributed by atoms with Crippen LogP contribution in [-0.2, 0) is 13.5 Å². The van der Waals surface area contributed by atoms with E-state index in [1.807, 2.05) is 25.4 Å². The number of benzene rings is 1. The van der Waals surface area contributed by atoms with E-state index >= 15 is 0 Å². The van der Waals surface area contributed by atoms with Crippen molar-refractivity contribution in [2.75, 3.05) is 7.11 Å². The zero-order valence-corrected chi connectivity index (χ0v) is 11.8. The largest absolute Gasteiger partial charge is 0.497 e. The third kappa shape index (κ3) is 2.79. The molecule has 0 radical (unpaired) electrons. The molecule has 2 rings (SSSR count). The summed E-state index contributed by atoms with van der Waals surface area (Å²) in [7, 11) is 3.41. The second-order valence-corrected chi connectivity index (χ2v) is 4.82. The number of ketones is 1. The minimum Gasteiger partial charge on any atom is -0.497 e. The van der Waals surface area contributed by atoms with Gasteiger partial charge in [0.15, 0.2) is 5.78 Å². The van der Waals surface area contributed by atoms with Crippen LogP contribution in [0.1, 0.15) is 15.9 Å². The quantitative estimate of drug-likeness (QED) is 0.816. The lowest BCUT2D eigenvalue weighted by atomic mass is 10.1. The summed E-state index contributed by atoms with van der Waals surface area (Å²) in [5.41, 5.74) is 1.52. The number of ether oxygens (including phenoxy) is 1. The fourth-order valence-electron chi connectivity index (χ4n) is 1.69. The molecule has 4 nitrogen and oxygen atoms in total. The first-order valence-corrected chi connectivity index (χ1v) is 6.23. The number of Topliss-reactive ketones (excluding diaryl/α,β-unsaturated/α-hetero) is 1. The van der Waals surface area contributed by atoms with Crippen molar-refractivity contribution in [2.45, 2.75) is 6.42 Å². The van der Waals surface area contributed by atoms with Crippen LogP contribution in [-0.4, -0.2) is 22.7 Å². The molecule has 94 valence electrons. The molecule has 0 saturated carbocycles. The Balaban J connectivity index is 2.23. The molecule has 0 unspecified atom stereocenters. The van der Waals surface area contributed by atoms with Gasteiger partial charge >= 0.3 is 0 Å². The van der Waals surface area contributed by atoms with Gasteiger partial charge in [-0.2, -0.15) is 5.10 Å². The van der Waals surface area contributed by atoms with Crippen LogP contribution in [0.5, 0.6) is 5.75 Å². The van der Waals surface area contributed by atoms with Gasteiger partial charge in [0, 0.05) is 29.7 Å². The van der Waals surface area contributed by atoms with Crippen LogP contribution in [0.3, 0.4) is 0 Å². The Kier molecular flexibility index (Phi) is 3.81. The molecule has 18 heavy (non-hydrogen) atoms. The van der Waals surface area contributed by atoms with Crippen molar-refractivity contribution < 1.29 is 9.53 Å². The average molecular weight is 309 g/mol. The molecule has 5 heteroatoms. The molecule has 0 aliphatic rings. The number of carbonyl (C=O) groups is 1. The number of carbonyl (C=O) groups excluding carboxylic acids is 1. The smallest absolute Gasteiger partial charge is 0.168 e. The molecule has 0 atom stereocenters. The molecule has 0 amide bonds. The summed E-state index contributed by atoms with van der Waals surface area (Å²) in [6, 6.07) is 5.36. The van der Waals surface area contributed by atoms with Gasteiger partial charge in [0.25, 0.3) is 0 Å². The highest BCUT2D eigenvalue weighted by molar-refractivity contribution is 9.10. The van der Waals surface area contributed by atoms with Crippen molar-refractivity contribution in [3.05, 3.63) is 46.2 Å². The number of rotatable bonds is 4. The third-order valence-corrected chi connectivity index (χ3v) is 3.29. The van der Waals surface area contributed by atoms with Crippen LogP contribution in [0.2, 0.25) is 0 Å². The van der Waals surface area contributed by atoms with Crippen molar-refractivity contribution in [3.63, 3.8) is 0 Å². The minimum atomic E-state index is 0.0359. The molecule has 2 aromatic rings. The number of aryl methyl sites for hydroxylation is 1. The zero-order chi connectivity index (χ0) is 13.1. The fourth-order valence-corrected chi connectivity index (χ4v) is 2.16. The monoisotopic (exact) mass is 308 g/mol. The average Bonchev–Trinajstić information content (AvgIpc) is 2.75. The molecule has 0 fully saturated rings. The first kappa shape index (κ1) is 12.8. The Bertz CT molecular complexity index is 578. The molecule has 0 saturated heterocycles. The number of hydrogen-bond donors (Lipinski definition) is 0. The van der Waals surface area contributed by atoms with Crippen LogP contribution < -0.4 is 4.74 Å². The molecular formula is C13H13BrN2O2. The number of hydrogen-bond acceptors (Lipinski definition) is 3. The predicted molar refractivity (Wildman–Crippen MR) is 71.9 cm³/mol. The highest BCUT2D eigenvalue weighted by Gasteiger charge is 2.13. The highest BCUT2D eigenvalue weighted by Crippen LogP contribution is 2.23. The molecule has 0 N–H and O–H groups in total. The molecule has 0 spiro atoms. The van der Waals surface area contributed by atoms with Crippen LogP contribution >= 0.6 is 15.9 Å². The van der Waals surface area contributed by atoms with Crippen LogP contribution in [0, 0.1) is 0 Å². The molecular weight excluding hydrogens is 296 g/mol. The normalized spacial score (nSPS) is 10.4. The van der Waals surface area contributed by atoms with Gasteiger partial charge in [0.2, 0.25) is 0 Å². The van der Waals surface area contributed by atoms with Crippen molar-refractivity contribution in [3.8, 4) is 5.75 Å². The van der Waals surface area contributed by atoms with E-state index in [2.05, 4.69) is 21.0 Å². The van der Waals surface area contributed by atoms with Gasteiger partial charge in [-0.1, -0.05) is 15.9 Å². The third-order valence-electron chi connectivity index (χ3n) is 2.60. The summed E-state index contributed by atoms with van der Waals surface area (Å²) in [6.45, 7) is 0. The summed E-state index contributed by atoms with van der Waals surface area (Å²) in [4.78, 5) is 12.2. The standard InChI is InChI=1S/C13H13BrN2O2/c1-16-8-9(7-15-16)5-13(17)11-6-10(18-2)3-4-12(11)14/h3-4,6-8H,5H2,1-2H3. The Morgan fingerprint density at radius 3 is 2.89 bits per heavy atom. The van der Waals surface area contributed by atoms with Crippen molar-refractivity contribution in [1.29, 1.82) is 0 Å². The van der Waals surface area contributed by atoms with E-state index in [9.17, 15) is 4.79 Å². The first-order valence-electron chi connectivity index (χ1n) is 5.44. The van der Waals surface area contributed by atoms with E-state index in [-0.39, 0.29) is 5.78 Å². The summed E-state index contributed by atoms with van der Waals surface area (Å²) < 4.78 is 7.58. The Labute approximate surface area is 114 Å². The number of methoxy groups -OCH3 is 1. The number of aromatic nitrogens is 2. The zero-order valence-electron chi connectivity index (χ0n) is 10.2. The van der Waals surface area contributed by atoms with Crippen molar-refractivity contribution >= 4 is 21.7 Å². The number of nitrogens with zero attached hydrogens (tertiary/aromatic N) is 2. The Hall–Kier alpha value is -1.62. The van der Waals surface area contributed by atoms with Gasteiger partial charge < -0.3 is 4.74 Å². The lowest BCUT2D eigenvalue weighted by molar-refractivity contribution is 0.0992. The van der Waals surface area contributed by atoms with Crippen molar-refractivity contribution in [1.82, 2.24) is 9.78 Å². The maximum Gasteiger partial charge on any atom is 0.168 e. The molecule has 0 aliphatic carbocycles. The second-order valence-electron chi connectivity index (χ2n) is 3.97. The van der Waals surface area contributed by atoms with Gasteiger partial charge in [-0.05, 0) is 23.8 Å². The fraction of sp³-hybridized carbons (Fsp3) is 0.231. The lowest BCUT2D eigenvalue weighted by Crippen LogP contribution is -2.04. The van der Waals surface area contributed by atoms with E-state index in [1.165, 1.54) is 0 Å². The minimum absolute atomic E-state index is 0.0359. The predicted octanol–water partition coefficient (Wildman–Crippen LogP) is 2.62. The number of halogens is 1. The molecule has 0 bridgehead atoms. The molecule has 1 aromatic carbocycles. The maximum absolute atomic E-state index is 12.2. The van der Waals surface area contributed by atoms with Gasteiger partial charge in [-0.25, -0.2) is 0 Å². The van der Waals surface area contributed by atoms with Crippen LogP contribution in [0.4, 0.5) is 0 Å². The summed E-state index contributed by atoms with van der Waals surface area (Å²) in [6.07, 6.45) is 3.87. The van der Waals surface area contributed by atoms with Crippen molar-refractivity contribution in [2.24, 2.45) is 7.05 Å². The molecule has 0 aliphatic heterocycles. The second kappa shape index (κ2) is 5.35. The van der Waals surface area contributed by atoms with E-state index in [4.69, 9.17) is 4.74 Å². The SMILES string of the molecule is COc1ccc(Br)c(C(=O)Cc2cnn(C)c2)c1.